The van der Waals surface area contributed by atoms with Crippen molar-refractivity contribution in [3.05, 3.63) is 77.0 Å². The zero-order valence-corrected chi connectivity index (χ0v) is 19.2. The minimum atomic E-state index is -0.609. The fourth-order valence-corrected chi connectivity index (χ4v) is 4.04. The van der Waals surface area contributed by atoms with Crippen molar-refractivity contribution in [3.63, 3.8) is 0 Å². The lowest BCUT2D eigenvalue weighted by Gasteiger charge is -2.21. The van der Waals surface area contributed by atoms with Crippen LogP contribution in [0.25, 0.3) is 22.4 Å². The highest BCUT2D eigenvalue weighted by Crippen LogP contribution is 2.38. The van der Waals surface area contributed by atoms with Crippen molar-refractivity contribution in [1.29, 1.82) is 5.26 Å². The molecule has 2 heterocycles. The smallest absolute Gasteiger partial charge is 0.254 e. The first-order valence-corrected chi connectivity index (χ1v) is 11.1. The van der Waals surface area contributed by atoms with Gasteiger partial charge in [-0.2, -0.15) is 15.1 Å². The molecule has 1 fully saturated rings. The number of halogens is 1. The Morgan fingerprint density at radius 3 is 2.89 bits per heavy atom. The third-order valence-corrected chi connectivity index (χ3v) is 6.07. The summed E-state index contributed by atoms with van der Waals surface area (Å²) < 4.78 is 22.4. The van der Waals surface area contributed by atoms with Gasteiger partial charge in [0.15, 0.2) is 0 Å². The molecule has 0 saturated heterocycles. The Balaban J connectivity index is 1.48. The van der Waals surface area contributed by atoms with Crippen LogP contribution in [0.4, 0.5) is 4.39 Å². The summed E-state index contributed by atoms with van der Waals surface area (Å²) in [5.41, 5.74) is 3.72. The Hall–Kier alpha value is -4.45. The third-order valence-electron chi connectivity index (χ3n) is 6.07. The van der Waals surface area contributed by atoms with E-state index in [2.05, 4.69) is 16.3 Å². The van der Waals surface area contributed by atoms with Crippen LogP contribution in [0.1, 0.15) is 40.0 Å². The van der Waals surface area contributed by atoms with Crippen molar-refractivity contribution in [2.45, 2.75) is 32.4 Å². The summed E-state index contributed by atoms with van der Waals surface area (Å²) in [7, 11) is 1.59. The van der Waals surface area contributed by atoms with Crippen molar-refractivity contribution in [1.82, 2.24) is 19.8 Å². The molecule has 9 heteroatoms. The molecule has 176 valence electrons. The summed E-state index contributed by atoms with van der Waals surface area (Å²) in [6.45, 7) is 1.86. The van der Waals surface area contributed by atoms with E-state index in [1.165, 1.54) is 17.2 Å². The van der Waals surface area contributed by atoms with Gasteiger partial charge in [0.05, 0.1) is 41.4 Å². The van der Waals surface area contributed by atoms with Crippen molar-refractivity contribution in [2.24, 2.45) is 0 Å². The highest BCUT2D eigenvalue weighted by molar-refractivity contribution is 5.95. The first-order valence-electron chi connectivity index (χ1n) is 11.1. The fourth-order valence-electron chi connectivity index (χ4n) is 4.04. The number of amides is 1. The van der Waals surface area contributed by atoms with Crippen molar-refractivity contribution >= 4 is 5.91 Å². The minimum Gasteiger partial charge on any atom is -0.490 e. The minimum absolute atomic E-state index is 0.0212. The largest absolute Gasteiger partial charge is 0.490 e. The third kappa shape index (κ3) is 4.26. The predicted molar refractivity (Wildman–Crippen MR) is 125 cm³/mol. The second-order valence-corrected chi connectivity index (χ2v) is 8.69. The molecule has 1 N–H and O–H groups in total. The van der Waals surface area contributed by atoms with Gasteiger partial charge in [0, 0.05) is 30.3 Å². The first-order chi connectivity index (χ1) is 16.9. The molecule has 1 aliphatic carbocycles. The Labute approximate surface area is 201 Å². The van der Waals surface area contributed by atoms with Crippen LogP contribution in [0.5, 0.6) is 5.75 Å². The molecule has 1 saturated carbocycles. The normalized spacial score (nSPS) is 13.0. The van der Waals surface area contributed by atoms with Gasteiger partial charge in [-0.25, -0.2) is 4.39 Å². The van der Waals surface area contributed by atoms with E-state index in [4.69, 9.17) is 4.74 Å². The molecule has 0 spiro atoms. The van der Waals surface area contributed by atoms with Crippen molar-refractivity contribution in [2.75, 3.05) is 7.05 Å². The van der Waals surface area contributed by atoms with Crippen LogP contribution in [-0.4, -0.2) is 44.1 Å². The van der Waals surface area contributed by atoms with Gasteiger partial charge >= 0.3 is 0 Å². The molecule has 5 rings (SSSR count). The van der Waals surface area contributed by atoms with E-state index in [0.717, 1.165) is 17.6 Å². The molecule has 0 unspecified atom stereocenters. The summed E-state index contributed by atoms with van der Waals surface area (Å²) in [5.74, 6) is -0.755. The molecular weight excluding hydrogens is 449 g/mol. The molecule has 3 aliphatic rings. The average molecular weight is 471 g/mol. The lowest BCUT2D eigenvalue weighted by Crippen LogP contribution is -2.27. The van der Waals surface area contributed by atoms with Gasteiger partial charge in [0.1, 0.15) is 17.3 Å². The summed E-state index contributed by atoms with van der Waals surface area (Å²) >= 11 is 0. The maximum Gasteiger partial charge on any atom is 0.254 e. The SMILES string of the molecule is Cc1c2cnnc-2c(CN(C)C(=O)c2cc(F)c(-c3cccc(C#N)c3)c(OC3CC3)c2)cn1O. The van der Waals surface area contributed by atoms with Gasteiger partial charge in [-0.1, -0.05) is 12.1 Å². The van der Waals surface area contributed by atoms with Gasteiger partial charge in [-0.3, -0.25) is 4.79 Å². The van der Waals surface area contributed by atoms with E-state index in [1.54, 1.807) is 50.5 Å². The average Bonchev–Trinajstić information content (AvgIpc) is 3.52. The molecule has 0 radical (unpaired) electrons. The highest BCUT2D eigenvalue weighted by Gasteiger charge is 2.28. The van der Waals surface area contributed by atoms with Crippen LogP contribution in [0.2, 0.25) is 0 Å². The number of hydrogen-bond donors (Lipinski definition) is 1. The number of benzene rings is 2. The summed E-state index contributed by atoms with van der Waals surface area (Å²) in [4.78, 5) is 14.7. The number of nitriles is 1. The maximum absolute atomic E-state index is 15.4. The molecule has 0 atom stereocenters. The van der Waals surface area contributed by atoms with E-state index in [9.17, 15) is 15.3 Å². The van der Waals surface area contributed by atoms with Gasteiger partial charge in [0.25, 0.3) is 5.91 Å². The molecule has 2 aliphatic heterocycles. The van der Waals surface area contributed by atoms with Gasteiger partial charge in [-0.05, 0) is 49.6 Å². The van der Waals surface area contributed by atoms with Crippen LogP contribution < -0.4 is 4.74 Å². The number of pyridine rings is 1. The standard InChI is InChI=1S/C26H22FN5O3/c1-15-21-12-29-30-25(21)19(14-32(15)34)13-31(2)26(33)18-9-22(27)24(23(10-18)35-20-6-7-20)17-5-3-4-16(8-17)11-28/h3-5,8-10,12,14,20,34H,6-7,13H2,1-2H3. The number of nitrogens with zero attached hydrogens (tertiary/aromatic N) is 5. The quantitative estimate of drug-likeness (QED) is 0.418. The summed E-state index contributed by atoms with van der Waals surface area (Å²) in [6.07, 6.45) is 4.75. The van der Waals surface area contributed by atoms with Crippen LogP contribution >= 0.6 is 0 Å². The molecule has 0 bridgehead atoms. The van der Waals surface area contributed by atoms with Crippen LogP contribution in [-0.2, 0) is 6.54 Å². The Morgan fingerprint density at radius 1 is 1.34 bits per heavy atom. The van der Waals surface area contributed by atoms with E-state index < -0.39 is 11.7 Å². The molecule has 1 amide bonds. The second kappa shape index (κ2) is 8.72. The number of carbonyl (C=O) groups excluding carboxylic acids is 1. The van der Waals surface area contributed by atoms with E-state index in [0.29, 0.717) is 33.6 Å². The fraction of sp³-hybridized carbons (Fsp3) is 0.231. The number of aromatic nitrogens is 3. The van der Waals surface area contributed by atoms with E-state index in [-0.39, 0.29) is 29.5 Å². The van der Waals surface area contributed by atoms with E-state index >= 15 is 4.39 Å². The van der Waals surface area contributed by atoms with Gasteiger partial charge < -0.3 is 14.8 Å². The number of fused-ring (bicyclic) bond motifs is 1. The molecular formula is C26H22FN5O3. The molecule has 35 heavy (non-hydrogen) atoms. The zero-order valence-electron chi connectivity index (χ0n) is 19.2. The number of rotatable bonds is 6. The second-order valence-electron chi connectivity index (χ2n) is 8.69. The Kier molecular flexibility index (Phi) is 5.57. The Bertz CT molecular complexity index is 1450. The Morgan fingerprint density at radius 2 is 2.14 bits per heavy atom. The molecule has 2 aromatic rings. The maximum atomic E-state index is 15.4. The number of hydrogen-bond acceptors (Lipinski definition) is 6. The van der Waals surface area contributed by atoms with Crippen LogP contribution in [0.15, 0.2) is 48.8 Å². The lowest BCUT2D eigenvalue weighted by atomic mass is 9.99. The number of ether oxygens (including phenoxy) is 1. The van der Waals surface area contributed by atoms with E-state index in [1.807, 2.05) is 0 Å². The lowest BCUT2D eigenvalue weighted by molar-refractivity contribution is 0.0782. The highest BCUT2D eigenvalue weighted by atomic mass is 19.1. The molecule has 8 nitrogen and oxygen atoms in total. The first kappa shape index (κ1) is 22.3. The van der Waals surface area contributed by atoms with Crippen molar-refractivity contribution in [3.8, 4) is 34.2 Å². The van der Waals surface area contributed by atoms with Crippen LogP contribution in [0.3, 0.4) is 0 Å². The summed E-state index contributed by atoms with van der Waals surface area (Å²) in [5, 5.41) is 27.5. The van der Waals surface area contributed by atoms with Gasteiger partial charge in [0.2, 0.25) is 0 Å². The monoisotopic (exact) mass is 471 g/mol. The molecule has 0 aromatic heterocycles. The predicted octanol–water partition coefficient (Wildman–Crippen LogP) is 4.42. The molecule has 2 aromatic carbocycles. The van der Waals surface area contributed by atoms with Crippen LogP contribution in [0, 0.1) is 24.1 Å². The van der Waals surface area contributed by atoms with Crippen molar-refractivity contribution < 1.29 is 19.1 Å². The van der Waals surface area contributed by atoms with Gasteiger partial charge in [-0.15, -0.1) is 5.10 Å². The topological polar surface area (TPSA) is 104 Å². The zero-order chi connectivity index (χ0) is 24.7. The number of carbonyl (C=O) groups is 1. The summed E-state index contributed by atoms with van der Waals surface area (Å²) in [6, 6.07) is 11.4.